The van der Waals surface area contributed by atoms with E-state index >= 15 is 0 Å². The minimum Gasteiger partial charge on any atom is -0.481 e. The molecule has 1 heterocycles. The van der Waals surface area contributed by atoms with E-state index in [1.54, 1.807) is 6.92 Å². The molecule has 1 aliphatic rings. The van der Waals surface area contributed by atoms with Crippen molar-refractivity contribution in [3.05, 3.63) is 11.6 Å². The Morgan fingerprint density at radius 1 is 1.26 bits per heavy atom. The van der Waals surface area contributed by atoms with Gasteiger partial charge in [-0.05, 0) is 19.8 Å². The highest BCUT2D eigenvalue weighted by Gasteiger charge is 2.29. The number of hydrogen-bond donors (Lipinski definition) is 1. The van der Waals surface area contributed by atoms with E-state index in [0.717, 1.165) is 24.5 Å². The lowest BCUT2D eigenvalue weighted by molar-refractivity contribution is -0.141. The van der Waals surface area contributed by atoms with Gasteiger partial charge in [-0.3, -0.25) is 4.79 Å². The molecule has 2 atom stereocenters. The van der Waals surface area contributed by atoms with Crippen LogP contribution in [0, 0.1) is 12.8 Å². The van der Waals surface area contributed by atoms with Gasteiger partial charge in [0.05, 0.1) is 5.92 Å². The fourth-order valence-electron chi connectivity index (χ4n) is 2.92. The summed E-state index contributed by atoms with van der Waals surface area (Å²) in [7, 11) is 0. The van der Waals surface area contributed by atoms with Crippen LogP contribution in [0.4, 0.5) is 0 Å². The normalized spacial score (nSPS) is 20.2. The average molecular weight is 265 g/mol. The molecule has 0 amide bonds. The van der Waals surface area contributed by atoms with Crippen LogP contribution in [0.1, 0.15) is 69.6 Å². The number of carboxylic acid groups (broad SMARTS) is 1. The number of carbonyl (C=O) groups is 1. The van der Waals surface area contributed by atoms with Gasteiger partial charge in [-0.15, -0.1) is 10.2 Å². The number of nitrogens with zero attached hydrogens (tertiary/aromatic N) is 3. The Bertz CT molecular complexity index is 450. The maximum absolute atomic E-state index is 11.2. The van der Waals surface area contributed by atoms with Crippen molar-refractivity contribution in [2.24, 2.45) is 5.92 Å². The average Bonchev–Trinajstić information content (AvgIpc) is 2.79. The molecule has 2 rings (SSSR count). The molecule has 0 bridgehead atoms. The van der Waals surface area contributed by atoms with E-state index < -0.39 is 11.9 Å². The molecule has 0 spiro atoms. The molecule has 5 nitrogen and oxygen atoms in total. The van der Waals surface area contributed by atoms with Crippen LogP contribution < -0.4 is 0 Å². The highest BCUT2D eigenvalue weighted by atomic mass is 16.4. The van der Waals surface area contributed by atoms with Crippen molar-refractivity contribution in [3.8, 4) is 0 Å². The van der Waals surface area contributed by atoms with E-state index in [2.05, 4.69) is 14.8 Å². The maximum Gasteiger partial charge on any atom is 0.306 e. The van der Waals surface area contributed by atoms with Crippen molar-refractivity contribution in [2.75, 3.05) is 0 Å². The fraction of sp³-hybridized carbons (Fsp3) is 0.786. The minimum atomic E-state index is -0.775. The molecule has 1 fully saturated rings. The summed E-state index contributed by atoms with van der Waals surface area (Å²) < 4.78 is 2.18. The van der Waals surface area contributed by atoms with Crippen molar-refractivity contribution < 1.29 is 9.90 Å². The van der Waals surface area contributed by atoms with Gasteiger partial charge in [0.25, 0.3) is 0 Å². The summed E-state index contributed by atoms with van der Waals surface area (Å²) in [6, 6.07) is 0.446. The van der Waals surface area contributed by atoms with Crippen molar-refractivity contribution in [1.29, 1.82) is 0 Å². The first-order valence-corrected chi connectivity index (χ1v) is 7.16. The predicted molar refractivity (Wildman–Crippen MR) is 72.1 cm³/mol. The van der Waals surface area contributed by atoms with Crippen LogP contribution in [0.2, 0.25) is 0 Å². The van der Waals surface area contributed by atoms with Crippen LogP contribution in [0.3, 0.4) is 0 Å². The highest BCUT2D eigenvalue weighted by molar-refractivity contribution is 5.70. The molecule has 0 aromatic carbocycles. The standard InChI is InChI=1S/C14H23N3O2/c1-9(10(2)14(18)19)13-16-15-11(3)17(13)12-7-5-4-6-8-12/h9-10,12H,4-8H2,1-3H3,(H,18,19). The largest absolute Gasteiger partial charge is 0.481 e. The Morgan fingerprint density at radius 3 is 2.47 bits per heavy atom. The summed E-state index contributed by atoms with van der Waals surface area (Å²) in [5.41, 5.74) is 0. The van der Waals surface area contributed by atoms with Crippen LogP contribution >= 0.6 is 0 Å². The summed E-state index contributed by atoms with van der Waals surface area (Å²) in [5.74, 6) is 0.417. The van der Waals surface area contributed by atoms with Gasteiger partial charge in [0, 0.05) is 12.0 Å². The molecular weight excluding hydrogens is 242 g/mol. The first kappa shape index (κ1) is 14.0. The van der Waals surface area contributed by atoms with Crippen LogP contribution in [0.5, 0.6) is 0 Å². The van der Waals surface area contributed by atoms with Crippen molar-refractivity contribution in [1.82, 2.24) is 14.8 Å². The van der Waals surface area contributed by atoms with Crippen LogP contribution in [-0.2, 0) is 4.79 Å². The maximum atomic E-state index is 11.2. The zero-order chi connectivity index (χ0) is 14.0. The highest BCUT2D eigenvalue weighted by Crippen LogP contribution is 2.33. The summed E-state index contributed by atoms with van der Waals surface area (Å²) >= 11 is 0. The zero-order valence-corrected chi connectivity index (χ0v) is 12.0. The topological polar surface area (TPSA) is 68.0 Å². The fourth-order valence-corrected chi connectivity index (χ4v) is 2.92. The van der Waals surface area contributed by atoms with Crippen LogP contribution in [-0.4, -0.2) is 25.8 Å². The number of aryl methyl sites for hydroxylation is 1. The van der Waals surface area contributed by atoms with Gasteiger partial charge in [0.2, 0.25) is 0 Å². The number of aliphatic carboxylic acids is 1. The van der Waals surface area contributed by atoms with Crippen molar-refractivity contribution >= 4 is 5.97 Å². The molecule has 0 saturated heterocycles. The second-order valence-electron chi connectivity index (χ2n) is 5.68. The van der Waals surface area contributed by atoms with E-state index in [1.165, 1.54) is 19.3 Å². The van der Waals surface area contributed by atoms with Gasteiger partial charge in [0.1, 0.15) is 11.6 Å². The van der Waals surface area contributed by atoms with Gasteiger partial charge >= 0.3 is 5.97 Å². The molecule has 2 unspecified atom stereocenters. The summed E-state index contributed by atoms with van der Waals surface area (Å²) in [6.07, 6.45) is 6.09. The molecule has 1 aromatic heterocycles. The first-order chi connectivity index (χ1) is 9.02. The lowest BCUT2D eigenvalue weighted by atomic mass is 9.92. The lowest BCUT2D eigenvalue weighted by Gasteiger charge is -2.27. The Hall–Kier alpha value is -1.39. The molecule has 1 aromatic rings. The van der Waals surface area contributed by atoms with E-state index in [0.29, 0.717) is 6.04 Å². The van der Waals surface area contributed by atoms with Gasteiger partial charge in [-0.25, -0.2) is 0 Å². The van der Waals surface area contributed by atoms with Gasteiger partial charge in [-0.2, -0.15) is 0 Å². The Balaban J connectivity index is 2.28. The number of rotatable bonds is 4. The molecule has 1 aliphatic carbocycles. The molecule has 1 saturated carbocycles. The summed E-state index contributed by atoms with van der Waals surface area (Å²) in [5, 5.41) is 17.6. The van der Waals surface area contributed by atoms with Gasteiger partial charge < -0.3 is 9.67 Å². The second-order valence-corrected chi connectivity index (χ2v) is 5.68. The molecule has 1 N–H and O–H groups in total. The first-order valence-electron chi connectivity index (χ1n) is 7.16. The molecule has 0 aliphatic heterocycles. The van der Waals surface area contributed by atoms with E-state index in [-0.39, 0.29) is 5.92 Å². The zero-order valence-electron chi connectivity index (χ0n) is 12.0. The molecule has 106 valence electrons. The van der Waals surface area contributed by atoms with Crippen LogP contribution in [0.15, 0.2) is 0 Å². The predicted octanol–water partition coefficient (Wildman–Crippen LogP) is 2.92. The quantitative estimate of drug-likeness (QED) is 0.908. The van der Waals surface area contributed by atoms with Crippen molar-refractivity contribution in [2.45, 2.75) is 64.8 Å². The Morgan fingerprint density at radius 2 is 1.89 bits per heavy atom. The Kier molecular flexibility index (Phi) is 4.22. The summed E-state index contributed by atoms with van der Waals surface area (Å²) in [4.78, 5) is 11.2. The number of hydrogen-bond acceptors (Lipinski definition) is 3. The molecule has 0 radical (unpaired) electrons. The molecule has 19 heavy (non-hydrogen) atoms. The molecular formula is C14H23N3O2. The number of aromatic nitrogens is 3. The smallest absolute Gasteiger partial charge is 0.306 e. The third kappa shape index (κ3) is 2.80. The van der Waals surface area contributed by atoms with E-state index in [1.807, 2.05) is 13.8 Å². The van der Waals surface area contributed by atoms with Gasteiger partial charge in [0.15, 0.2) is 0 Å². The van der Waals surface area contributed by atoms with Crippen LogP contribution in [0.25, 0.3) is 0 Å². The minimum absolute atomic E-state index is 0.111. The second kappa shape index (κ2) is 5.72. The van der Waals surface area contributed by atoms with E-state index in [9.17, 15) is 4.79 Å². The molecule has 5 heteroatoms. The summed E-state index contributed by atoms with van der Waals surface area (Å²) in [6.45, 7) is 5.63. The van der Waals surface area contributed by atoms with E-state index in [4.69, 9.17) is 5.11 Å². The third-order valence-corrected chi connectivity index (χ3v) is 4.38. The SMILES string of the molecule is Cc1nnc(C(C)C(C)C(=O)O)n1C1CCCCC1. The monoisotopic (exact) mass is 265 g/mol. The Labute approximate surface area is 114 Å². The third-order valence-electron chi connectivity index (χ3n) is 4.38. The van der Waals surface area contributed by atoms with Crippen molar-refractivity contribution in [3.63, 3.8) is 0 Å². The lowest BCUT2D eigenvalue weighted by Crippen LogP contribution is -2.23. The van der Waals surface area contributed by atoms with Gasteiger partial charge in [-0.1, -0.05) is 33.1 Å². The number of carboxylic acids is 1.